The summed E-state index contributed by atoms with van der Waals surface area (Å²) >= 11 is 0. The Balaban J connectivity index is 1.49. The van der Waals surface area contributed by atoms with Crippen LogP contribution in [0.2, 0.25) is 0 Å². The van der Waals surface area contributed by atoms with Gasteiger partial charge in [0.1, 0.15) is 11.9 Å². The van der Waals surface area contributed by atoms with Gasteiger partial charge in [0.25, 0.3) is 11.8 Å². The van der Waals surface area contributed by atoms with E-state index in [1.807, 2.05) is 6.92 Å². The first-order valence-electron chi connectivity index (χ1n) is 7.97. The molecule has 9 nitrogen and oxygen atoms in total. The highest BCUT2D eigenvalue weighted by Crippen LogP contribution is 2.31. The van der Waals surface area contributed by atoms with Gasteiger partial charge < -0.3 is 19.9 Å². The van der Waals surface area contributed by atoms with Crippen LogP contribution in [0.4, 0.5) is 5.82 Å². The zero-order valence-electron chi connectivity index (χ0n) is 13.7. The van der Waals surface area contributed by atoms with Gasteiger partial charge in [-0.3, -0.25) is 4.79 Å². The molecule has 0 radical (unpaired) electrons. The van der Waals surface area contributed by atoms with Crippen LogP contribution in [0.1, 0.15) is 48.1 Å². The zero-order valence-corrected chi connectivity index (χ0v) is 13.7. The Morgan fingerprint density at radius 3 is 2.88 bits per heavy atom. The Morgan fingerprint density at radius 1 is 1.33 bits per heavy atom. The first-order chi connectivity index (χ1) is 11.7. The Morgan fingerprint density at radius 2 is 2.21 bits per heavy atom. The average Bonchev–Trinajstić information content (AvgIpc) is 3.22. The van der Waals surface area contributed by atoms with Gasteiger partial charge in [0, 0.05) is 13.1 Å². The highest BCUT2D eigenvalue weighted by Gasteiger charge is 2.30. The first kappa shape index (κ1) is 16.3. The van der Waals surface area contributed by atoms with Crippen LogP contribution in [0.25, 0.3) is 0 Å². The molecule has 1 fully saturated rings. The highest BCUT2D eigenvalue weighted by atomic mass is 16.5. The van der Waals surface area contributed by atoms with Crippen LogP contribution in [0.15, 0.2) is 16.7 Å². The van der Waals surface area contributed by atoms with Crippen LogP contribution in [0.5, 0.6) is 0 Å². The van der Waals surface area contributed by atoms with Crippen molar-refractivity contribution in [1.82, 2.24) is 25.7 Å². The van der Waals surface area contributed by atoms with Gasteiger partial charge in [-0.25, -0.2) is 0 Å². The van der Waals surface area contributed by atoms with Crippen molar-refractivity contribution >= 4 is 11.7 Å². The molecule has 9 heteroatoms. The van der Waals surface area contributed by atoms with E-state index in [4.69, 9.17) is 9.26 Å². The molecular weight excluding hydrogens is 312 g/mol. The SMILES string of the molecule is CCNC(=O)c1ccc(NC[C@H]2CC[C@@H](c3nc(C)no3)O2)nn1. The number of nitrogens with zero attached hydrogens (tertiary/aromatic N) is 4. The zero-order chi connectivity index (χ0) is 16.9. The lowest BCUT2D eigenvalue weighted by Crippen LogP contribution is -2.24. The van der Waals surface area contributed by atoms with Crippen molar-refractivity contribution in [1.29, 1.82) is 0 Å². The maximum absolute atomic E-state index is 11.6. The maximum Gasteiger partial charge on any atom is 0.271 e. The van der Waals surface area contributed by atoms with Crippen molar-refractivity contribution < 1.29 is 14.1 Å². The molecule has 1 amide bonds. The standard InChI is InChI=1S/C15H20N6O3/c1-3-16-14(22)11-5-7-13(20-19-11)17-8-10-4-6-12(23-10)15-18-9(2)21-24-15/h5,7,10,12H,3-4,6,8H2,1-2H3,(H,16,22)(H,17,20)/t10-,12+/m1/s1. The van der Waals surface area contributed by atoms with Crippen molar-refractivity contribution in [3.63, 3.8) is 0 Å². The number of anilines is 1. The van der Waals surface area contributed by atoms with Crippen molar-refractivity contribution in [3.8, 4) is 0 Å². The molecule has 2 aromatic heterocycles. The first-order valence-corrected chi connectivity index (χ1v) is 7.97. The number of amides is 1. The molecule has 0 bridgehead atoms. The molecule has 24 heavy (non-hydrogen) atoms. The summed E-state index contributed by atoms with van der Waals surface area (Å²) < 4.78 is 11.1. The van der Waals surface area contributed by atoms with Crippen LogP contribution in [-0.2, 0) is 4.74 Å². The van der Waals surface area contributed by atoms with E-state index >= 15 is 0 Å². The third-order valence-electron chi connectivity index (χ3n) is 3.67. The Labute approximate surface area is 139 Å². The summed E-state index contributed by atoms with van der Waals surface area (Å²) in [5.41, 5.74) is 0.298. The fourth-order valence-corrected chi connectivity index (χ4v) is 2.50. The summed E-state index contributed by atoms with van der Waals surface area (Å²) in [6.45, 7) is 4.79. The van der Waals surface area contributed by atoms with Gasteiger partial charge in [0.15, 0.2) is 11.5 Å². The fourth-order valence-electron chi connectivity index (χ4n) is 2.50. The third kappa shape index (κ3) is 3.85. The van der Waals surface area contributed by atoms with Gasteiger partial charge >= 0.3 is 0 Å². The van der Waals surface area contributed by atoms with E-state index in [2.05, 4.69) is 31.0 Å². The summed E-state index contributed by atoms with van der Waals surface area (Å²) in [7, 11) is 0. The molecule has 0 aromatic carbocycles. The molecular formula is C15H20N6O3. The van der Waals surface area contributed by atoms with E-state index in [1.54, 1.807) is 19.1 Å². The summed E-state index contributed by atoms with van der Waals surface area (Å²) in [6, 6.07) is 3.37. The molecule has 2 N–H and O–H groups in total. The molecule has 1 saturated heterocycles. The number of ether oxygens (including phenoxy) is 1. The third-order valence-corrected chi connectivity index (χ3v) is 3.67. The summed E-state index contributed by atoms with van der Waals surface area (Å²) in [4.78, 5) is 15.8. The molecule has 2 aromatic rings. The number of aromatic nitrogens is 4. The van der Waals surface area contributed by atoms with Gasteiger partial charge in [-0.05, 0) is 38.8 Å². The van der Waals surface area contributed by atoms with Crippen molar-refractivity contribution in [2.75, 3.05) is 18.4 Å². The molecule has 0 spiro atoms. The molecule has 3 rings (SSSR count). The van der Waals surface area contributed by atoms with Crippen molar-refractivity contribution in [2.24, 2.45) is 0 Å². The minimum atomic E-state index is -0.228. The largest absolute Gasteiger partial charge is 0.366 e. The number of hydrogen-bond donors (Lipinski definition) is 2. The number of rotatable bonds is 6. The molecule has 0 unspecified atom stereocenters. The molecule has 2 atom stereocenters. The van der Waals surface area contributed by atoms with Crippen LogP contribution < -0.4 is 10.6 Å². The van der Waals surface area contributed by atoms with Crippen LogP contribution in [-0.4, -0.2) is 45.4 Å². The predicted octanol–water partition coefficient (Wildman–Crippen LogP) is 1.25. The lowest BCUT2D eigenvalue weighted by Gasteiger charge is -2.12. The topological polar surface area (TPSA) is 115 Å². The number of nitrogens with one attached hydrogen (secondary N) is 2. The van der Waals surface area contributed by atoms with Crippen LogP contribution >= 0.6 is 0 Å². The van der Waals surface area contributed by atoms with Gasteiger partial charge in [-0.15, -0.1) is 10.2 Å². The molecule has 3 heterocycles. The Hall–Kier alpha value is -2.55. The lowest BCUT2D eigenvalue weighted by molar-refractivity contribution is 0.0326. The Bertz CT molecular complexity index is 687. The maximum atomic E-state index is 11.6. The minimum absolute atomic E-state index is 0.0343. The number of carbonyl (C=O) groups excluding carboxylic acids is 1. The second-order valence-corrected chi connectivity index (χ2v) is 5.55. The van der Waals surface area contributed by atoms with E-state index in [1.165, 1.54) is 0 Å². The molecule has 1 aliphatic rings. The number of hydrogen-bond acceptors (Lipinski definition) is 8. The summed E-state index contributed by atoms with van der Waals surface area (Å²) in [5.74, 6) is 1.51. The highest BCUT2D eigenvalue weighted by molar-refractivity contribution is 5.92. The monoisotopic (exact) mass is 332 g/mol. The molecule has 1 aliphatic heterocycles. The van der Waals surface area contributed by atoms with E-state index in [0.717, 1.165) is 12.8 Å². The fraction of sp³-hybridized carbons (Fsp3) is 0.533. The summed E-state index contributed by atoms with van der Waals surface area (Å²) in [5, 5.41) is 17.5. The van der Waals surface area contributed by atoms with E-state index in [9.17, 15) is 4.79 Å². The van der Waals surface area contributed by atoms with E-state index in [-0.39, 0.29) is 18.1 Å². The molecule has 128 valence electrons. The molecule has 0 aliphatic carbocycles. The number of carbonyl (C=O) groups is 1. The van der Waals surface area contributed by atoms with Crippen LogP contribution in [0, 0.1) is 6.92 Å². The second-order valence-electron chi connectivity index (χ2n) is 5.55. The minimum Gasteiger partial charge on any atom is -0.366 e. The van der Waals surface area contributed by atoms with E-state index in [0.29, 0.717) is 36.3 Å². The summed E-state index contributed by atoms with van der Waals surface area (Å²) in [6.07, 6.45) is 1.62. The average molecular weight is 332 g/mol. The Kier molecular flexibility index (Phi) is 4.99. The van der Waals surface area contributed by atoms with E-state index < -0.39 is 0 Å². The smallest absolute Gasteiger partial charge is 0.271 e. The quantitative estimate of drug-likeness (QED) is 0.812. The van der Waals surface area contributed by atoms with Gasteiger partial charge in [0.05, 0.1) is 6.10 Å². The second kappa shape index (κ2) is 7.35. The van der Waals surface area contributed by atoms with Gasteiger partial charge in [-0.1, -0.05) is 5.16 Å². The van der Waals surface area contributed by atoms with Gasteiger partial charge in [0.2, 0.25) is 0 Å². The van der Waals surface area contributed by atoms with Crippen molar-refractivity contribution in [3.05, 3.63) is 29.5 Å². The molecule has 0 saturated carbocycles. The lowest BCUT2D eigenvalue weighted by atomic mass is 10.2. The number of aryl methyl sites for hydroxylation is 1. The predicted molar refractivity (Wildman–Crippen MR) is 84.4 cm³/mol. The van der Waals surface area contributed by atoms with Gasteiger partial charge in [-0.2, -0.15) is 4.98 Å². The van der Waals surface area contributed by atoms with Crippen LogP contribution in [0.3, 0.4) is 0 Å². The normalized spacial score (nSPS) is 20.1. The van der Waals surface area contributed by atoms with Crippen molar-refractivity contribution in [2.45, 2.75) is 38.9 Å².